The molecule has 2 amide bonds. The van der Waals surface area contributed by atoms with Crippen LogP contribution in [0.4, 0.5) is 5.69 Å². The highest BCUT2D eigenvalue weighted by Gasteiger charge is 2.36. The van der Waals surface area contributed by atoms with Crippen LogP contribution in [0.5, 0.6) is 0 Å². The molecule has 5 rings (SSSR count). The molecule has 1 aromatic heterocycles. The SMILES string of the molecule is C[C@@H]1CN(C(=O)/C=C/CN2C[C@H]3COC[C@H]3C2)Cc2ncc(C(=O)Nc3ccccc3Cl)n21. The highest BCUT2D eigenvalue weighted by atomic mass is 35.5. The van der Waals surface area contributed by atoms with Crippen LogP contribution in [-0.2, 0) is 16.1 Å². The van der Waals surface area contributed by atoms with Crippen LogP contribution in [0.25, 0.3) is 0 Å². The van der Waals surface area contributed by atoms with Gasteiger partial charge in [-0.25, -0.2) is 4.98 Å². The summed E-state index contributed by atoms with van der Waals surface area (Å²) in [6.45, 7) is 7.47. The first kappa shape index (κ1) is 22.1. The quantitative estimate of drug-likeness (QED) is 0.681. The van der Waals surface area contributed by atoms with E-state index in [-0.39, 0.29) is 17.9 Å². The van der Waals surface area contributed by atoms with Crippen LogP contribution in [0.3, 0.4) is 0 Å². The van der Waals surface area contributed by atoms with Crippen molar-refractivity contribution in [3.8, 4) is 0 Å². The van der Waals surface area contributed by atoms with E-state index in [0.717, 1.165) is 32.8 Å². The highest BCUT2D eigenvalue weighted by molar-refractivity contribution is 6.33. The number of nitrogens with one attached hydrogen (secondary N) is 1. The van der Waals surface area contributed by atoms with Crippen molar-refractivity contribution in [2.24, 2.45) is 11.8 Å². The van der Waals surface area contributed by atoms with Crippen LogP contribution in [0, 0.1) is 11.8 Å². The molecule has 2 aromatic rings. The summed E-state index contributed by atoms with van der Waals surface area (Å²) in [6.07, 6.45) is 5.19. The maximum absolute atomic E-state index is 12.9. The number of anilines is 1. The maximum atomic E-state index is 12.9. The van der Waals surface area contributed by atoms with Gasteiger partial charge in [0.05, 0.1) is 42.7 Å². The van der Waals surface area contributed by atoms with Gasteiger partial charge in [-0.05, 0) is 19.1 Å². The number of nitrogens with zero attached hydrogens (tertiary/aromatic N) is 4. The van der Waals surface area contributed by atoms with E-state index in [2.05, 4.69) is 15.2 Å². The summed E-state index contributed by atoms with van der Waals surface area (Å²) in [7, 11) is 0. The minimum Gasteiger partial charge on any atom is -0.381 e. The summed E-state index contributed by atoms with van der Waals surface area (Å²) >= 11 is 6.17. The first-order chi connectivity index (χ1) is 16.0. The van der Waals surface area contributed by atoms with Crippen LogP contribution in [0.15, 0.2) is 42.6 Å². The molecule has 0 spiro atoms. The van der Waals surface area contributed by atoms with Gasteiger partial charge in [-0.3, -0.25) is 14.5 Å². The number of hydrogen-bond donors (Lipinski definition) is 1. The molecular formula is C24H28ClN5O3. The number of fused-ring (bicyclic) bond motifs is 2. The topological polar surface area (TPSA) is 79.7 Å². The molecule has 33 heavy (non-hydrogen) atoms. The number of carbonyl (C=O) groups is 2. The number of hydrogen-bond acceptors (Lipinski definition) is 5. The summed E-state index contributed by atoms with van der Waals surface area (Å²) in [5.41, 5.74) is 1.02. The third-order valence-corrected chi connectivity index (χ3v) is 7.07. The number of imidazole rings is 1. The molecule has 2 saturated heterocycles. The van der Waals surface area contributed by atoms with Crippen molar-refractivity contribution in [2.45, 2.75) is 19.5 Å². The zero-order valence-corrected chi connectivity index (χ0v) is 19.4. The summed E-state index contributed by atoms with van der Waals surface area (Å²) < 4.78 is 7.44. The van der Waals surface area contributed by atoms with Crippen LogP contribution in [0.2, 0.25) is 5.02 Å². The second-order valence-electron chi connectivity index (χ2n) is 9.11. The Balaban J connectivity index is 1.20. The van der Waals surface area contributed by atoms with E-state index in [1.807, 2.05) is 29.7 Å². The molecular weight excluding hydrogens is 442 g/mol. The van der Waals surface area contributed by atoms with Gasteiger partial charge in [0.1, 0.15) is 11.5 Å². The Hall–Kier alpha value is -2.68. The third kappa shape index (κ3) is 4.55. The maximum Gasteiger partial charge on any atom is 0.273 e. The number of amides is 2. The third-order valence-electron chi connectivity index (χ3n) is 6.74. The fourth-order valence-corrected chi connectivity index (χ4v) is 5.25. The largest absolute Gasteiger partial charge is 0.381 e. The number of likely N-dealkylation sites (tertiary alicyclic amines) is 1. The van der Waals surface area contributed by atoms with Gasteiger partial charge in [-0.15, -0.1) is 0 Å². The average Bonchev–Trinajstić information content (AvgIpc) is 3.50. The monoisotopic (exact) mass is 469 g/mol. The van der Waals surface area contributed by atoms with Gasteiger partial charge < -0.3 is 19.5 Å². The number of carbonyl (C=O) groups excluding carboxylic acids is 2. The van der Waals surface area contributed by atoms with E-state index in [9.17, 15) is 9.59 Å². The lowest BCUT2D eigenvalue weighted by Crippen LogP contribution is -2.40. The Bertz CT molecular complexity index is 1070. The summed E-state index contributed by atoms with van der Waals surface area (Å²) in [5, 5.41) is 3.33. The predicted molar refractivity (Wildman–Crippen MR) is 125 cm³/mol. The molecule has 4 heterocycles. The first-order valence-electron chi connectivity index (χ1n) is 11.4. The smallest absolute Gasteiger partial charge is 0.273 e. The molecule has 3 atom stereocenters. The standard InChI is InChI=1S/C24H28ClN5O3/c1-16-10-29(23(31)7-4-8-28-11-17-14-33-15-18(17)12-28)13-22-26-9-21(30(16)22)24(32)27-20-6-3-2-5-19(20)25/h2-7,9,16-18H,8,10-15H2,1H3,(H,27,32)/b7-4+/t16-,17-,18+/m1/s1. The average molecular weight is 470 g/mol. The summed E-state index contributed by atoms with van der Waals surface area (Å²) in [6, 6.07) is 7.04. The molecule has 0 aliphatic carbocycles. The molecule has 174 valence electrons. The number of benzene rings is 1. The van der Waals surface area contributed by atoms with Gasteiger partial charge in [0.15, 0.2) is 0 Å². The first-order valence-corrected chi connectivity index (χ1v) is 11.7. The van der Waals surface area contributed by atoms with E-state index in [0.29, 0.717) is 47.2 Å². The Morgan fingerprint density at radius 3 is 2.73 bits per heavy atom. The zero-order valence-electron chi connectivity index (χ0n) is 18.6. The van der Waals surface area contributed by atoms with Crippen molar-refractivity contribution >= 4 is 29.1 Å². The Labute approximate surface area is 198 Å². The van der Waals surface area contributed by atoms with Crippen molar-refractivity contribution in [1.29, 1.82) is 0 Å². The molecule has 8 nitrogen and oxygen atoms in total. The molecule has 0 saturated carbocycles. The number of para-hydroxylation sites is 1. The molecule has 0 bridgehead atoms. The fourth-order valence-electron chi connectivity index (χ4n) is 5.07. The minimum atomic E-state index is -0.269. The summed E-state index contributed by atoms with van der Waals surface area (Å²) in [5.74, 6) is 1.68. The van der Waals surface area contributed by atoms with Gasteiger partial charge in [-0.2, -0.15) is 0 Å². The van der Waals surface area contributed by atoms with Gasteiger partial charge in [0.25, 0.3) is 5.91 Å². The molecule has 2 fully saturated rings. The van der Waals surface area contributed by atoms with Crippen molar-refractivity contribution in [2.75, 3.05) is 44.7 Å². The van der Waals surface area contributed by atoms with E-state index in [4.69, 9.17) is 16.3 Å². The molecule has 1 aromatic carbocycles. The number of ether oxygens (including phenoxy) is 1. The predicted octanol–water partition coefficient (Wildman–Crippen LogP) is 2.83. The van der Waals surface area contributed by atoms with Gasteiger partial charge in [0.2, 0.25) is 5.91 Å². The molecule has 0 unspecified atom stereocenters. The van der Waals surface area contributed by atoms with E-state index < -0.39 is 0 Å². The van der Waals surface area contributed by atoms with Crippen LogP contribution in [-0.4, -0.2) is 70.6 Å². The molecule has 0 radical (unpaired) electrons. The lowest BCUT2D eigenvalue weighted by atomic mass is 10.0. The van der Waals surface area contributed by atoms with Crippen molar-refractivity contribution < 1.29 is 14.3 Å². The lowest BCUT2D eigenvalue weighted by Gasteiger charge is -2.32. The number of rotatable bonds is 5. The van der Waals surface area contributed by atoms with Crippen molar-refractivity contribution in [1.82, 2.24) is 19.4 Å². The molecule has 9 heteroatoms. The van der Waals surface area contributed by atoms with Crippen LogP contribution in [0.1, 0.15) is 29.3 Å². The molecule has 3 aliphatic rings. The van der Waals surface area contributed by atoms with Gasteiger partial charge in [0, 0.05) is 44.1 Å². The zero-order chi connectivity index (χ0) is 22.9. The van der Waals surface area contributed by atoms with Crippen LogP contribution >= 0.6 is 11.6 Å². The van der Waals surface area contributed by atoms with Crippen molar-refractivity contribution in [3.63, 3.8) is 0 Å². The Kier molecular flexibility index (Phi) is 6.23. The highest BCUT2D eigenvalue weighted by Crippen LogP contribution is 2.29. The number of halogens is 1. The second kappa shape index (κ2) is 9.29. The van der Waals surface area contributed by atoms with Gasteiger partial charge in [-0.1, -0.05) is 29.8 Å². The van der Waals surface area contributed by atoms with Crippen molar-refractivity contribution in [3.05, 3.63) is 59.2 Å². The Morgan fingerprint density at radius 2 is 1.97 bits per heavy atom. The second-order valence-corrected chi connectivity index (χ2v) is 9.52. The van der Waals surface area contributed by atoms with E-state index >= 15 is 0 Å². The molecule has 3 aliphatic heterocycles. The fraction of sp³-hybridized carbons (Fsp3) is 0.458. The van der Waals surface area contributed by atoms with Crippen LogP contribution < -0.4 is 5.32 Å². The van der Waals surface area contributed by atoms with Gasteiger partial charge >= 0.3 is 0 Å². The van der Waals surface area contributed by atoms with E-state index in [1.54, 1.807) is 29.3 Å². The molecule has 1 N–H and O–H groups in total. The van der Waals surface area contributed by atoms with E-state index in [1.165, 1.54) is 0 Å². The minimum absolute atomic E-state index is 0.0270. The summed E-state index contributed by atoms with van der Waals surface area (Å²) in [4.78, 5) is 34.3. The number of aromatic nitrogens is 2. The normalized spacial score (nSPS) is 24.8. The lowest BCUT2D eigenvalue weighted by molar-refractivity contribution is -0.128. The Morgan fingerprint density at radius 1 is 1.21 bits per heavy atom.